The largest absolute Gasteiger partial charge is 0.496 e. The number of amides is 1. The molecule has 21 heavy (non-hydrogen) atoms. The van der Waals surface area contributed by atoms with Crippen molar-refractivity contribution in [2.45, 2.75) is 26.8 Å². The number of benzene rings is 1. The van der Waals surface area contributed by atoms with Crippen LogP contribution in [0.5, 0.6) is 5.75 Å². The second kappa shape index (κ2) is 6.58. The van der Waals surface area contributed by atoms with Crippen molar-refractivity contribution in [1.29, 1.82) is 0 Å². The highest BCUT2D eigenvalue weighted by molar-refractivity contribution is 9.10. The van der Waals surface area contributed by atoms with Gasteiger partial charge in [-0.2, -0.15) is 0 Å². The Morgan fingerprint density at radius 2 is 2.14 bits per heavy atom. The number of nitrogens with zero attached hydrogens (tertiary/aromatic N) is 1. The third-order valence-corrected chi connectivity index (χ3v) is 4.97. The van der Waals surface area contributed by atoms with Gasteiger partial charge >= 0.3 is 0 Å². The van der Waals surface area contributed by atoms with Crippen molar-refractivity contribution in [2.75, 3.05) is 7.11 Å². The third-order valence-electron chi connectivity index (χ3n) is 3.09. The molecular weight excluding hydrogens is 352 g/mol. The zero-order valence-corrected chi connectivity index (χ0v) is 14.8. The normalized spacial score (nSPS) is 12.0. The summed E-state index contributed by atoms with van der Waals surface area (Å²) in [4.78, 5) is 17.8. The third kappa shape index (κ3) is 3.63. The Bertz CT molecular complexity index is 670. The number of ether oxygens (including phenoxy) is 1. The molecule has 1 aromatic carbocycles. The van der Waals surface area contributed by atoms with E-state index in [1.54, 1.807) is 36.6 Å². The van der Waals surface area contributed by atoms with Gasteiger partial charge in [-0.3, -0.25) is 4.79 Å². The fourth-order valence-electron chi connectivity index (χ4n) is 2.10. The number of aryl methyl sites for hydroxylation is 2. The van der Waals surface area contributed by atoms with E-state index in [1.165, 1.54) is 0 Å². The van der Waals surface area contributed by atoms with E-state index in [0.29, 0.717) is 11.3 Å². The van der Waals surface area contributed by atoms with E-state index in [2.05, 4.69) is 26.2 Å². The molecule has 0 aliphatic heterocycles. The number of carbonyl (C=O) groups excluding carboxylic acids is 1. The first-order chi connectivity index (χ1) is 9.92. The minimum atomic E-state index is -0.115. The molecule has 1 aromatic heterocycles. The molecule has 2 rings (SSSR count). The number of hydrogen-bond donors (Lipinski definition) is 1. The lowest BCUT2D eigenvalue weighted by Gasteiger charge is -2.13. The second-order valence-electron chi connectivity index (χ2n) is 4.73. The summed E-state index contributed by atoms with van der Waals surface area (Å²) in [5, 5.41) is 4.01. The van der Waals surface area contributed by atoms with Crippen LogP contribution in [0.3, 0.4) is 0 Å². The molecule has 112 valence electrons. The first-order valence-electron chi connectivity index (χ1n) is 6.50. The number of thiazole rings is 1. The topological polar surface area (TPSA) is 51.2 Å². The summed E-state index contributed by atoms with van der Waals surface area (Å²) in [7, 11) is 1.59. The number of carbonyl (C=O) groups is 1. The van der Waals surface area contributed by atoms with Crippen molar-refractivity contribution in [3.63, 3.8) is 0 Å². The molecule has 0 spiro atoms. The van der Waals surface area contributed by atoms with Crippen molar-refractivity contribution >= 4 is 33.2 Å². The predicted octanol–water partition coefficient (Wildman–Crippen LogP) is 4.02. The lowest BCUT2D eigenvalue weighted by molar-refractivity contribution is 0.0940. The van der Waals surface area contributed by atoms with Gasteiger partial charge in [0.25, 0.3) is 5.91 Å². The molecule has 0 fully saturated rings. The van der Waals surface area contributed by atoms with Crippen LogP contribution in [0.4, 0.5) is 0 Å². The first-order valence-corrected chi connectivity index (χ1v) is 8.11. The number of nitrogens with one attached hydrogen (secondary N) is 1. The summed E-state index contributed by atoms with van der Waals surface area (Å²) in [5.41, 5.74) is 1.56. The molecular formula is C15H17BrN2O2S. The van der Waals surface area contributed by atoms with Gasteiger partial charge in [-0.15, -0.1) is 11.3 Å². The summed E-state index contributed by atoms with van der Waals surface area (Å²) >= 11 is 5.00. The van der Waals surface area contributed by atoms with Crippen LogP contribution in [0.1, 0.15) is 38.9 Å². The summed E-state index contributed by atoms with van der Waals surface area (Å²) in [6.45, 7) is 5.90. The number of hydrogen-bond acceptors (Lipinski definition) is 4. The maximum atomic E-state index is 12.3. The SMILES string of the molecule is COc1ccc(C(=O)NC(C)c2sc(C)nc2C)cc1Br. The van der Waals surface area contributed by atoms with Gasteiger partial charge in [0.15, 0.2) is 0 Å². The van der Waals surface area contributed by atoms with Gasteiger partial charge in [-0.05, 0) is 54.9 Å². The Kier molecular flexibility index (Phi) is 5.00. The minimum Gasteiger partial charge on any atom is -0.496 e. The van der Waals surface area contributed by atoms with E-state index in [9.17, 15) is 4.79 Å². The van der Waals surface area contributed by atoms with Gasteiger partial charge in [0.1, 0.15) is 5.75 Å². The van der Waals surface area contributed by atoms with Gasteiger partial charge in [-0.25, -0.2) is 4.98 Å². The molecule has 2 aromatic rings. The molecule has 1 atom stereocenters. The molecule has 0 saturated heterocycles. The molecule has 1 amide bonds. The molecule has 0 bridgehead atoms. The van der Waals surface area contributed by atoms with Crippen molar-refractivity contribution in [3.8, 4) is 5.75 Å². The summed E-state index contributed by atoms with van der Waals surface area (Å²) in [6, 6.07) is 5.21. The molecule has 1 N–H and O–H groups in total. The maximum Gasteiger partial charge on any atom is 0.251 e. The zero-order valence-electron chi connectivity index (χ0n) is 12.4. The summed E-state index contributed by atoms with van der Waals surface area (Å²) < 4.78 is 5.92. The Morgan fingerprint density at radius 1 is 1.43 bits per heavy atom. The lowest BCUT2D eigenvalue weighted by atomic mass is 10.1. The zero-order chi connectivity index (χ0) is 15.6. The van der Waals surface area contributed by atoms with E-state index in [1.807, 2.05) is 20.8 Å². The van der Waals surface area contributed by atoms with Crippen LogP contribution in [0.25, 0.3) is 0 Å². The van der Waals surface area contributed by atoms with Crippen LogP contribution in [-0.4, -0.2) is 18.0 Å². The van der Waals surface area contributed by atoms with Gasteiger partial charge < -0.3 is 10.1 Å². The van der Waals surface area contributed by atoms with Crippen LogP contribution < -0.4 is 10.1 Å². The quantitative estimate of drug-likeness (QED) is 0.886. The monoisotopic (exact) mass is 368 g/mol. The summed E-state index contributed by atoms with van der Waals surface area (Å²) in [6.07, 6.45) is 0. The van der Waals surface area contributed by atoms with Crippen LogP contribution in [0.15, 0.2) is 22.7 Å². The van der Waals surface area contributed by atoms with Gasteiger partial charge in [0.05, 0.1) is 28.3 Å². The Morgan fingerprint density at radius 3 is 2.67 bits per heavy atom. The standard InChI is InChI=1S/C15H17BrN2O2S/c1-8-14(21-10(3)17-8)9(2)18-15(19)11-5-6-13(20-4)12(16)7-11/h5-7,9H,1-4H3,(H,18,19). The smallest absolute Gasteiger partial charge is 0.251 e. The van der Waals surface area contributed by atoms with Gasteiger partial charge in [0, 0.05) is 10.4 Å². The highest BCUT2D eigenvalue weighted by Gasteiger charge is 2.17. The average Bonchev–Trinajstić information content (AvgIpc) is 2.77. The molecule has 0 aliphatic carbocycles. The van der Waals surface area contributed by atoms with Gasteiger partial charge in [-0.1, -0.05) is 0 Å². The van der Waals surface area contributed by atoms with Crippen molar-refractivity contribution in [3.05, 3.63) is 43.8 Å². The molecule has 0 aliphatic rings. The fourth-order valence-corrected chi connectivity index (χ4v) is 3.57. The van der Waals surface area contributed by atoms with Crippen molar-refractivity contribution < 1.29 is 9.53 Å². The van der Waals surface area contributed by atoms with Crippen LogP contribution in [0.2, 0.25) is 0 Å². The lowest BCUT2D eigenvalue weighted by Crippen LogP contribution is -2.26. The molecule has 1 unspecified atom stereocenters. The van der Waals surface area contributed by atoms with E-state index in [-0.39, 0.29) is 11.9 Å². The first kappa shape index (κ1) is 16.0. The number of aromatic nitrogens is 1. The highest BCUT2D eigenvalue weighted by Crippen LogP contribution is 2.27. The Labute approximate surface area is 136 Å². The predicted molar refractivity (Wildman–Crippen MR) is 88.2 cm³/mol. The Hall–Kier alpha value is -1.40. The average molecular weight is 369 g/mol. The molecule has 0 radical (unpaired) electrons. The minimum absolute atomic E-state index is 0.0652. The maximum absolute atomic E-state index is 12.3. The van der Waals surface area contributed by atoms with E-state index in [0.717, 1.165) is 20.1 Å². The molecule has 4 nitrogen and oxygen atoms in total. The summed E-state index contributed by atoms with van der Waals surface area (Å²) in [5.74, 6) is 0.588. The van der Waals surface area contributed by atoms with Crippen LogP contribution >= 0.6 is 27.3 Å². The van der Waals surface area contributed by atoms with Crippen LogP contribution in [0, 0.1) is 13.8 Å². The van der Waals surface area contributed by atoms with Gasteiger partial charge in [0.2, 0.25) is 0 Å². The number of halogens is 1. The highest BCUT2D eigenvalue weighted by atomic mass is 79.9. The second-order valence-corrected chi connectivity index (χ2v) is 6.82. The number of rotatable bonds is 4. The van der Waals surface area contributed by atoms with Crippen molar-refractivity contribution in [1.82, 2.24) is 10.3 Å². The number of methoxy groups -OCH3 is 1. The fraction of sp³-hybridized carbons (Fsp3) is 0.333. The van der Waals surface area contributed by atoms with Crippen LogP contribution in [-0.2, 0) is 0 Å². The molecule has 1 heterocycles. The van der Waals surface area contributed by atoms with E-state index in [4.69, 9.17) is 4.74 Å². The molecule has 0 saturated carbocycles. The van der Waals surface area contributed by atoms with E-state index >= 15 is 0 Å². The Balaban J connectivity index is 2.14. The van der Waals surface area contributed by atoms with E-state index < -0.39 is 0 Å². The molecule has 6 heteroatoms. The van der Waals surface area contributed by atoms with Crippen molar-refractivity contribution in [2.24, 2.45) is 0 Å².